The van der Waals surface area contributed by atoms with Crippen molar-refractivity contribution < 1.29 is 22.8 Å². The molecule has 0 spiro atoms. The molecule has 0 aliphatic rings. The van der Waals surface area contributed by atoms with Crippen LogP contribution in [0.5, 0.6) is 0 Å². The predicted octanol–water partition coefficient (Wildman–Crippen LogP) is 3.77. The van der Waals surface area contributed by atoms with Crippen LogP contribution < -0.4 is 10.6 Å². The zero-order chi connectivity index (χ0) is 18.4. The first kappa shape index (κ1) is 18.5. The number of hydrogen-bond acceptors (Lipinski definition) is 2. The van der Waals surface area contributed by atoms with Gasteiger partial charge in [-0.3, -0.25) is 9.59 Å². The summed E-state index contributed by atoms with van der Waals surface area (Å²) in [4.78, 5) is 23.7. The molecular formula is C18H17F3N2O2. The molecule has 0 saturated carbocycles. The smallest absolute Gasteiger partial charge is 0.352 e. The van der Waals surface area contributed by atoms with E-state index in [4.69, 9.17) is 0 Å². The predicted molar refractivity (Wildman–Crippen MR) is 88.2 cm³/mol. The highest BCUT2D eigenvalue weighted by atomic mass is 19.4. The van der Waals surface area contributed by atoms with Gasteiger partial charge < -0.3 is 10.6 Å². The van der Waals surface area contributed by atoms with Crippen molar-refractivity contribution in [1.29, 1.82) is 0 Å². The van der Waals surface area contributed by atoms with E-state index in [0.29, 0.717) is 5.56 Å². The second-order valence-corrected chi connectivity index (χ2v) is 5.50. The molecule has 0 aromatic heterocycles. The fourth-order valence-electron chi connectivity index (χ4n) is 2.14. The van der Waals surface area contributed by atoms with E-state index in [-0.39, 0.29) is 24.6 Å². The third kappa shape index (κ3) is 5.63. The Balaban J connectivity index is 1.80. The molecule has 0 unspecified atom stereocenters. The lowest BCUT2D eigenvalue weighted by atomic mass is 10.1. The van der Waals surface area contributed by atoms with Crippen LogP contribution in [-0.4, -0.2) is 18.4 Å². The maximum absolute atomic E-state index is 12.5. The molecule has 0 fully saturated rings. The van der Waals surface area contributed by atoms with Gasteiger partial charge >= 0.3 is 6.18 Å². The molecule has 2 N–H and O–H groups in total. The molecule has 0 saturated heterocycles. The summed E-state index contributed by atoms with van der Waals surface area (Å²) in [5.41, 5.74) is 0.940. The number of halogens is 3. The molecule has 0 atom stereocenters. The molecule has 132 valence electrons. The van der Waals surface area contributed by atoms with E-state index >= 15 is 0 Å². The van der Waals surface area contributed by atoms with Crippen LogP contribution >= 0.6 is 0 Å². The molecule has 2 rings (SSSR count). The van der Waals surface area contributed by atoms with Crippen LogP contribution in [0, 0.1) is 6.92 Å². The molecular weight excluding hydrogens is 333 g/mol. The van der Waals surface area contributed by atoms with Gasteiger partial charge in [0.1, 0.15) is 0 Å². The number of amides is 2. The first-order chi connectivity index (χ1) is 11.8. The van der Waals surface area contributed by atoms with E-state index in [2.05, 4.69) is 10.6 Å². The minimum absolute atomic E-state index is 0.0125. The average molecular weight is 350 g/mol. The molecule has 2 amide bonds. The normalized spacial score (nSPS) is 11.0. The van der Waals surface area contributed by atoms with Crippen molar-refractivity contribution >= 4 is 17.5 Å². The van der Waals surface area contributed by atoms with Crippen LogP contribution in [0.3, 0.4) is 0 Å². The summed E-state index contributed by atoms with van der Waals surface area (Å²) in [5.74, 6) is -0.685. The van der Waals surface area contributed by atoms with Gasteiger partial charge in [-0.1, -0.05) is 17.7 Å². The summed E-state index contributed by atoms with van der Waals surface area (Å²) >= 11 is 0. The molecule has 7 heteroatoms. The number of anilines is 1. The highest BCUT2D eigenvalue weighted by Crippen LogP contribution is 2.29. The molecule has 25 heavy (non-hydrogen) atoms. The van der Waals surface area contributed by atoms with Crippen LogP contribution in [-0.2, 0) is 11.0 Å². The van der Waals surface area contributed by atoms with Gasteiger partial charge in [0, 0.05) is 24.2 Å². The first-order valence-electron chi connectivity index (χ1n) is 7.58. The van der Waals surface area contributed by atoms with Crippen molar-refractivity contribution in [3.8, 4) is 0 Å². The van der Waals surface area contributed by atoms with Gasteiger partial charge in [0.25, 0.3) is 5.91 Å². The highest BCUT2D eigenvalue weighted by molar-refractivity contribution is 5.95. The number of aryl methyl sites for hydroxylation is 1. The topological polar surface area (TPSA) is 58.2 Å². The number of hydrogen-bond donors (Lipinski definition) is 2. The van der Waals surface area contributed by atoms with Crippen LogP contribution in [0.25, 0.3) is 0 Å². The third-order valence-corrected chi connectivity index (χ3v) is 3.41. The van der Waals surface area contributed by atoms with E-state index in [1.807, 2.05) is 13.0 Å². The Hall–Kier alpha value is -2.83. The van der Waals surface area contributed by atoms with Gasteiger partial charge in [-0.2, -0.15) is 13.2 Å². The Kier molecular flexibility index (Phi) is 5.80. The van der Waals surface area contributed by atoms with Gasteiger partial charge in [0.15, 0.2) is 0 Å². The van der Waals surface area contributed by atoms with E-state index in [1.54, 1.807) is 18.2 Å². The lowest BCUT2D eigenvalue weighted by molar-refractivity contribution is -0.137. The molecule has 2 aromatic rings. The monoisotopic (exact) mass is 350 g/mol. The standard InChI is InChI=1S/C18H17F3N2O2/c1-12-3-2-4-13(11-12)17(25)22-10-9-16(24)23-15-7-5-14(6-8-15)18(19,20)21/h2-8,11H,9-10H2,1H3,(H,22,25)(H,23,24). The summed E-state index contributed by atoms with van der Waals surface area (Å²) in [6, 6.07) is 11.2. The fraction of sp³-hybridized carbons (Fsp3) is 0.222. The van der Waals surface area contributed by atoms with Crippen molar-refractivity contribution in [1.82, 2.24) is 5.32 Å². The molecule has 0 heterocycles. The van der Waals surface area contributed by atoms with Gasteiger partial charge in [0.2, 0.25) is 5.91 Å². The van der Waals surface area contributed by atoms with Crippen molar-refractivity contribution in [2.75, 3.05) is 11.9 Å². The van der Waals surface area contributed by atoms with Gasteiger partial charge in [-0.25, -0.2) is 0 Å². The maximum Gasteiger partial charge on any atom is 0.416 e. The average Bonchev–Trinajstić information content (AvgIpc) is 2.54. The van der Waals surface area contributed by atoms with Gasteiger partial charge in [-0.05, 0) is 43.3 Å². The lowest BCUT2D eigenvalue weighted by Gasteiger charge is -2.09. The van der Waals surface area contributed by atoms with E-state index < -0.39 is 17.6 Å². The van der Waals surface area contributed by atoms with Gasteiger partial charge in [0.05, 0.1) is 5.56 Å². The summed E-state index contributed by atoms with van der Waals surface area (Å²) < 4.78 is 37.4. The van der Waals surface area contributed by atoms with Crippen molar-refractivity contribution in [3.63, 3.8) is 0 Å². The highest BCUT2D eigenvalue weighted by Gasteiger charge is 2.29. The van der Waals surface area contributed by atoms with Gasteiger partial charge in [-0.15, -0.1) is 0 Å². The van der Waals surface area contributed by atoms with Crippen molar-refractivity contribution in [2.24, 2.45) is 0 Å². The van der Waals surface area contributed by atoms with E-state index in [0.717, 1.165) is 17.7 Å². The minimum atomic E-state index is -4.41. The third-order valence-electron chi connectivity index (χ3n) is 3.41. The lowest BCUT2D eigenvalue weighted by Crippen LogP contribution is -2.27. The molecule has 0 radical (unpaired) electrons. The van der Waals surface area contributed by atoms with E-state index in [1.165, 1.54) is 12.1 Å². The molecule has 0 aliphatic heterocycles. The molecule has 0 aliphatic carbocycles. The van der Waals surface area contributed by atoms with E-state index in [9.17, 15) is 22.8 Å². The minimum Gasteiger partial charge on any atom is -0.352 e. The zero-order valence-electron chi connectivity index (χ0n) is 13.5. The molecule has 0 bridgehead atoms. The number of nitrogens with one attached hydrogen (secondary N) is 2. The second-order valence-electron chi connectivity index (χ2n) is 5.50. The Morgan fingerprint density at radius 3 is 2.32 bits per heavy atom. The summed E-state index contributed by atoms with van der Waals surface area (Å²) in [7, 11) is 0. The number of alkyl halides is 3. The number of carbonyl (C=O) groups excluding carboxylic acids is 2. The fourth-order valence-corrected chi connectivity index (χ4v) is 2.14. The quantitative estimate of drug-likeness (QED) is 0.862. The largest absolute Gasteiger partial charge is 0.416 e. The van der Waals surface area contributed by atoms with Crippen LogP contribution in [0.15, 0.2) is 48.5 Å². The Labute approximate surface area is 143 Å². The Bertz CT molecular complexity index is 756. The maximum atomic E-state index is 12.5. The number of benzene rings is 2. The zero-order valence-corrected chi connectivity index (χ0v) is 13.5. The summed E-state index contributed by atoms with van der Waals surface area (Å²) in [6.45, 7) is 1.99. The van der Waals surface area contributed by atoms with Crippen LogP contribution in [0.4, 0.5) is 18.9 Å². The number of carbonyl (C=O) groups is 2. The first-order valence-corrected chi connectivity index (χ1v) is 7.58. The Morgan fingerprint density at radius 2 is 1.72 bits per heavy atom. The second kappa shape index (κ2) is 7.83. The number of rotatable bonds is 5. The Morgan fingerprint density at radius 1 is 1.04 bits per heavy atom. The van der Waals surface area contributed by atoms with Crippen molar-refractivity contribution in [2.45, 2.75) is 19.5 Å². The van der Waals surface area contributed by atoms with Crippen molar-refractivity contribution in [3.05, 3.63) is 65.2 Å². The van der Waals surface area contributed by atoms with Crippen LogP contribution in [0.2, 0.25) is 0 Å². The molecule has 2 aromatic carbocycles. The SMILES string of the molecule is Cc1cccc(C(=O)NCCC(=O)Nc2ccc(C(F)(F)F)cc2)c1. The summed E-state index contributed by atoms with van der Waals surface area (Å²) in [5, 5.41) is 5.11. The van der Waals surface area contributed by atoms with Crippen LogP contribution in [0.1, 0.15) is 27.9 Å². The molecule has 4 nitrogen and oxygen atoms in total. The summed E-state index contributed by atoms with van der Waals surface area (Å²) in [6.07, 6.45) is -4.40.